The lowest BCUT2D eigenvalue weighted by Gasteiger charge is -2.17. The van der Waals surface area contributed by atoms with Crippen LogP contribution in [0.2, 0.25) is 0 Å². The molecule has 1 aromatic carbocycles. The maximum Gasteiger partial charge on any atom is 0.282 e. The van der Waals surface area contributed by atoms with Crippen LogP contribution < -0.4 is 0 Å². The summed E-state index contributed by atoms with van der Waals surface area (Å²) in [6.07, 6.45) is 0. The third kappa shape index (κ3) is 2.62. The Balaban J connectivity index is 2.15. The second-order valence-corrected chi connectivity index (χ2v) is 5.93. The number of nitrogens with zero attached hydrogens (tertiary/aromatic N) is 2. The predicted octanol–water partition coefficient (Wildman–Crippen LogP) is 0.957. The Kier molecular flexibility index (Phi) is 3.15. The summed E-state index contributed by atoms with van der Waals surface area (Å²) in [6.45, 7) is 0.891. The van der Waals surface area contributed by atoms with Crippen molar-refractivity contribution in [1.82, 2.24) is 8.61 Å². The van der Waals surface area contributed by atoms with Crippen LogP contribution >= 0.6 is 0 Å². The third-order valence-corrected chi connectivity index (χ3v) is 4.47. The number of rotatable bonds is 4. The highest BCUT2D eigenvalue weighted by Crippen LogP contribution is 2.19. The zero-order chi connectivity index (χ0) is 12.6. The molecule has 1 heterocycles. The van der Waals surface area contributed by atoms with E-state index in [0.29, 0.717) is 13.1 Å². The van der Waals surface area contributed by atoms with Crippen molar-refractivity contribution < 1.29 is 17.2 Å². The third-order valence-electron chi connectivity index (χ3n) is 2.53. The van der Waals surface area contributed by atoms with Crippen molar-refractivity contribution in [3.8, 4) is 0 Å². The van der Waals surface area contributed by atoms with Gasteiger partial charge in [0.2, 0.25) is 0 Å². The SMILES string of the molecule is CN(Cc1ccc(F)cc1F)S(=O)(=O)N1CC1. The highest BCUT2D eigenvalue weighted by atomic mass is 32.2. The van der Waals surface area contributed by atoms with Crippen LogP contribution in [0.5, 0.6) is 0 Å². The lowest BCUT2D eigenvalue weighted by Crippen LogP contribution is -2.32. The van der Waals surface area contributed by atoms with Gasteiger partial charge in [0, 0.05) is 38.3 Å². The van der Waals surface area contributed by atoms with E-state index >= 15 is 0 Å². The van der Waals surface area contributed by atoms with Crippen molar-refractivity contribution in [2.75, 3.05) is 20.1 Å². The summed E-state index contributed by atoms with van der Waals surface area (Å²) < 4.78 is 51.8. The molecule has 17 heavy (non-hydrogen) atoms. The van der Waals surface area contributed by atoms with Gasteiger partial charge in [-0.25, -0.2) is 8.78 Å². The van der Waals surface area contributed by atoms with E-state index in [-0.39, 0.29) is 12.1 Å². The molecule has 1 fully saturated rings. The first kappa shape index (κ1) is 12.4. The summed E-state index contributed by atoms with van der Waals surface area (Å²) in [5, 5.41) is 0. The Bertz CT molecular complexity index is 529. The molecule has 0 aromatic heterocycles. The standard InChI is InChI=1S/C10H12F2N2O2S/c1-13(17(15,16)14-4-5-14)7-8-2-3-9(11)6-10(8)12/h2-3,6H,4-5,7H2,1H3. The summed E-state index contributed by atoms with van der Waals surface area (Å²) in [4.78, 5) is 0. The monoisotopic (exact) mass is 262 g/mol. The summed E-state index contributed by atoms with van der Waals surface area (Å²) in [5.41, 5.74) is 0.152. The summed E-state index contributed by atoms with van der Waals surface area (Å²) in [5.74, 6) is -1.42. The molecule has 7 heteroatoms. The number of halogens is 2. The average molecular weight is 262 g/mol. The largest absolute Gasteiger partial charge is 0.282 e. The zero-order valence-corrected chi connectivity index (χ0v) is 10.0. The van der Waals surface area contributed by atoms with Crippen LogP contribution in [0.3, 0.4) is 0 Å². The molecule has 0 aliphatic carbocycles. The molecular formula is C10H12F2N2O2S. The molecule has 0 unspecified atom stereocenters. The molecule has 4 nitrogen and oxygen atoms in total. The van der Waals surface area contributed by atoms with Crippen molar-refractivity contribution in [3.63, 3.8) is 0 Å². The van der Waals surface area contributed by atoms with E-state index in [9.17, 15) is 17.2 Å². The van der Waals surface area contributed by atoms with Gasteiger partial charge in [-0.2, -0.15) is 17.0 Å². The van der Waals surface area contributed by atoms with Gasteiger partial charge in [-0.05, 0) is 6.07 Å². The average Bonchev–Trinajstić information content (AvgIpc) is 3.05. The van der Waals surface area contributed by atoms with Crippen LogP contribution in [-0.4, -0.2) is 37.2 Å². The lowest BCUT2D eigenvalue weighted by molar-refractivity contribution is 0.431. The Labute approximate surface area is 98.6 Å². The first-order chi connectivity index (χ1) is 7.91. The van der Waals surface area contributed by atoms with E-state index in [4.69, 9.17) is 0 Å². The summed E-state index contributed by atoms with van der Waals surface area (Å²) in [7, 11) is -2.11. The van der Waals surface area contributed by atoms with Gasteiger partial charge >= 0.3 is 0 Å². The van der Waals surface area contributed by atoms with Gasteiger partial charge in [0.1, 0.15) is 11.6 Å². The molecule has 0 bridgehead atoms. The van der Waals surface area contributed by atoms with Crippen LogP contribution in [0.4, 0.5) is 8.78 Å². The minimum absolute atomic E-state index is 0.106. The van der Waals surface area contributed by atoms with Crippen LogP contribution in [0.25, 0.3) is 0 Å². The molecule has 0 amide bonds. The van der Waals surface area contributed by atoms with Crippen molar-refractivity contribution in [3.05, 3.63) is 35.4 Å². The van der Waals surface area contributed by atoms with Gasteiger partial charge in [-0.3, -0.25) is 0 Å². The number of hydrogen-bond donors (Lipinski definition) is 0. The van der Waals surface area contributed by atoms with E-state index in [1.165, 1.54) is 17.4 Å². The molecular weight excluding hydrogens is 250 g/mol. The lowest BCUT2D eigenvalue weighted by atomic mass is 10.2. The first-order valence-electron chi connectivity index (χ1n) is 5.06. The van der Waals surface area contributed by atoms with Crippen molar-refractivity contribution in [1.29, 1.82) is 0 Å². The van der Waals surface area contributed by atoms with E-state index in [1.54, 1.807) is 0 Å². The molecule has 0 spiro atoms. The predicted molar refractivity (Wildman–Crippen MR) is 58.3 cm³/mol. The molecule has 1 saturated heterocycles. The van der Waals surface area contributed by atoms with Gasteiger partial charge < -0.3 is 0 Å². The van der Waals surface area contributed by atoms with Crippen LogP contribution in [0.15, 0.2) is 18.2 Å². The molecule has 0 N–H and O–H groups in total. The van der Waals surface area contributed by atoms with E-state index < -0.39 is 21.8 Å². The molecule has 0 atom stereocenters. The van der Waals surface area contributed by atoms with Crippen LogP contribution in [0, 0.1) is 11.6 Å². The second-order valence-electron chi connectivity index (χ2n) is 3.90. The maximum atomic E-state index is 13.3. The fourth-order valence-corrected chi connectivity index (χ4v) is 2.68. The van der Waals surface area contributed by atoms with Gasteiger partial charge in [0.25, 0.3) is 10.2 Å². The normalized spacial score (nSPS) is 16.5. The van der Waals surface area contributed by atoms with E-state index in [2.05, 4.69) is 0 Å². The Hall–Kier alpha value is -1.05. The minimum atomic E-state index is -3.48. The topological polar surface area (TPSA) is 40.4 Å². The first-order valence-corrected chi connectivity index (χ1v) is 6.46. The second kappa shape index (κ2) is 4.32. The van der Waals surface area contributed by atoms with Gasteiger partial charge in [-0.1, -0.05) is 6.07 Å². The Morgan fingerprint density at radius 1 is 1.35 bits per heavy atom. The summed E-state index contributed by atoms with van der Waals surface area (Å²) >= 11 is 0. The Morgan fingerprint density at radius 2 is 2.00 bits per heavy atom. The van der Waals surface area contributed by atoms with Crippen LogP contribution in [-0.2, 0) is 16.8 Å². The maximum absolute atomic E-state index is 13.3. The van der Waals surface area contributed by atoms with Gasteiger partial charge in [-0.15, -0.1) is 0 Å². The van der Waals surface area contributed by atoms with Crippen molar-refractivity contribution >= 4 is 10.2 Å². The van der Waals surface area contributed by atoms with Crippen molar-refractivity contribution in [2.24, 2.45) is 0 Å². The van der Waals surface area contributed by atoms with E-state index in [1.807, 2.05) is 0 Å². The highest BCUT2D eigenvalue weighted by Gasteiger charge is 2.35. The molecule has 1 aliphatic rings. The number of hydrogen-bond acceptors (Lipinski definition) is 2. The van der Waals surface area contributed by atoms with Crippen LogP contribution in [0.1, 0.15) is 5.56 Å². The molecule has 0 saturated carbocycles. The fourth-order valence-electron chi connectivity index (χ4n) is 1.44. The summed E-state index contributed by atoms with van der Waals surface area (Å²) in [6, 6.07) is 3.10. The highest BCUT2D eigenvalue weighted by molar-refractivity contribution is 7.86. The molecule has 0 radical (unpaired) electrons. The zero-order valence-electron chi connectivity index (χ0n) is 9.23. The Morgan fingerprint density at radius 3 is 2.53 bits per heavy atom. The fraction of sp³-hybridized carbons (Fsp3) is 0.400. The quantitative estimate of drug-likeness (QED) is 0.758. The minimum Gasteiger partial charge on any atom is -0.207 e. The number of benzene rings is 1. The van der Waals surface area contributed by atoms with Gasteiger partial charge in [0.15, 0.2) is 0 Å². The molecule has 2 rings (SSSR count). The smallest absolute Gasteiger partial charge is 0.207 e. The van der Waals surface area contributed by atoms with E-state index in [0.717, 1.165) is 16.4 Å². The molecule has 1 aromatic rings. The molecule has 94 valence electrons. The van der Waals surface area contributed by atoms with Gasteiger partial charge in [0.05, 0.1) is 0 Å². The molecule has 1 aliphatic heterocycles. The van der Waals surface area contributed by atoms with Crippen molar-refractivity contribution in [2.45, 2.75) is 6.54 Å².